The first-order valence-corrected chi connectivity index (χ1v) is 12.4. The van der Waals surface area contributed by atoms with Crippen LogP contribution in [0.1, 0.15) is 49.3 Å². The van der Waals surface area contributed by atoms with Crippen molar-refractivity contribution in [3.63, 3.8) is 0 Å². The Morgan fingerprint density at radius 2 is 1.82 bits per heavy atom. The Bertz CT molecular complexity index is 1030. The molecule has 0 spiro atoms. The van der Waals surface area contributed by atoms with Gasteiger partial charge >= 0.3 is 0 Å². The average molecular weight is 467 g/mol. The third kappa shape index (κ3) is 5.85. The molecule has 1 aliphatic heterocycles. The Hall–Kier alpha value is -2.60. The molecule has 1 saturated heterocycles. The van der Waals surface area contributed by atoms with Crippen molar-refractivity contribution in [3.8, 4) is 5.75 Å². The van der Waals surface area contributed by atoms with Gasteiger partial charge in [0.15, 0.2) is 5.89 Å². The number of anilines is 1. The highest BCUT2D eigenvalue weighted by Crippen LogP contribution is 2.50. The first-order valence-electron chi connectivity index (χ1n) is 12.0. The summed E-state index contributed by atoms with van der Waals surface area (Å²) in [5.74, 6) is 5.97. The summed E-state index contributed by atoms with van der Waals surface area (Å²) < 4.78 is 11.5. The van der Waals surface area contributed by atoms with E-state index in [1.54, 1.807) is 18.6 Å². The zero-order valence-electron chi connectivity index (χ0n) is 19.1. The largest absolute Gasteiger partial charge is 0.494 e. The Kier molecular flexibility index (Phi) is 6.81. The van der Waals surface area contributed by atoms with Gasteiger partial charge in [0.1, 0.15) is 11.5 Å². The van der Waals surface area contributed by atoms with E-state index in [1.807, 2.05) is 19.1 Å². The maximum atomic E-state index is 5.98. The van der Waals surface area contributed by atoms with Crippen molar-refractivity contribution < 1.29 is 9.15 Å². The summed E-state index contributed by atoms with van der Waals surface area (Å²) in [4.78, 5) is 15.3. The molecule has 0 radical (unpaired) electrons. The monoisotopic (exact) mass is 466 g/mol. The van der Waals surface area contributed by atoms with E-state index in [1.165, 1.54) is 31.2 Å². The lowest BCUT2D eigenvalue weighted by Gasteiger charge is -2.32. The van der Waals surface area contributed by atoms with E-state index in [-0.39, 0.29) is 0 Å². The quantitative estimate of drug-likeness (QED) is 0.375. The first kappa shape index (κ1) is 22.2. The number of aromatic nitrogens is 3. The van der Waals surface area contributed by atoms with Crippen molar-refractivity contribution in [3.05, 3.63) is 65.1 Å². The van der Waals surface area contributed by atoms with Crippen LogP contribution in [0.15, 0.2) is 47.3 Å². The Labute approximate surface area is 200 Å². The topological polar surface area (TPSA) is 64.3 Å². The number of ether oxygens (including phenoxy) is 1. The Balaban J connectivity index is 0.979. The molecule has 2 unspecified atom stereocenters. The van der Waals surface area contributed by atoms with Crippen molar-refractivity contribution in [2.24, 2.45) is 17.8 Å². The van der Waals surface area contributed by atoms with Gasteiger partial charge in [-0.2, -0.15) is 0 Å². The maximum Gasteiger partial charge on any atom is 0.225 e. The van der Waals surface area contributed by atoms with Crippen molar-refractivity contribution in [2.75, 3.05) is 24.6 Å². The number of hydrogen-bond donors (Lipinski definition) is 0. The highest BCUT2D eigenvalue weighted by molar-refractivity contribution is 6.30. The van der Waals surface area contributed by atoms with Crippen LogP contribution in [0.4, 0.5) is 5.95 Å². The smallest absolute Gasteiger partial charge is 0.225 e. The van der Waals surface area contributed by atoms with Crippen LogP contribution in [0.3, 0.4) is 0 Å². The summed E-state index contributed by atoms with van der Waals surface area (Å²) in [5.41, 5.74) is 1.18. The summed E-state index contributed by atoms with van der Waals surface area (Å²) in [6.45, 7) is 4.79. The SMILES string of the molecule is Cc1cnc(Cc2ccc(OCCCC3CC3C3CCN(c4ncc(Cl)cn4)CC3)cc2)o1. The van der Waals surface area contributed by atoms with Gasteiger partial charge in [-0.05, 0) is 74.5 Å². The summed E-state index contributed by atoms with van der Waals surface area (Å²) in [5, 5.41) is 0.591. The fourth-order valence-corrected chi connectivity index (χ4v) is 5.17. The predicted octanol–water partition coefficient (Wildman–Crippen LogP) is 5.73. The van der Waals surface area contributed by atoms with Gasteiger partial charge in [-0.25, -0.2) is 15.0 Å². The van der Waals surface area contributed by atoms with E-state index in [9.17, 15) is 0 Å². The van der Waals surface area contributed by atoms with Crippen molar-refractivity contribution in [1.82, 2.24) is 15.0 Å². The number of benzene rings is 1. The van der Waals surface area contributed by atoms with Gasteiger partial charge in [0.05, 0.1) is 30.2 Å². The third-order valence-electron chi connectivity index (χ3n) is 6.95. The molecule has 0 amide bonds. The molecule has 1 aromatic carbocycles. The highest BCUT2D eigenvalue weighted by Gasteiger charge is 2.43. The molecule has 33 heavy (non-hydrogen) atoms. The van der Waals surface area contributed by atoms with Crippen LogP contribution in [-0.4, -0.2) is 34.6 Å². The second-order valence-electron chi connectivity index (χ2n) is 9.36. The van der Waals surface area contributed by atoms with Crippen LogP contribution in [-0.2, 0) is 6.42 Å². The minimum atomic E-state index is 0.591. The molecule has 7 heteroatoms. The lowest BCUT2D eigenvalue weighted by atomic mass is 9.90. The second kappa shape index (κ2) is 10.1. The lowest BCUT2D eigenvalue weighted by molar-refractivity contribution is 0.294. The zero-order chi connectivity index (χ0) is 22.6. The van der Waals surface area contributed by atoms with E-state index in [0.29, 0.717) is 11.4 Å². The van der Waals surface area contributed by atoms with Gasteiger partial charge in [0.25, 0.3) is 0 Å². The van der Waals surface area contributed by atoms with Gasteiger partial charge in [-0.15, -0.1) is 0 Å². The molecule has 3 heterocycles. The van der Waals surface area contributed by atoms with Gasteiger partial charge < -0.3 is 14.1 Å². The molecule has 2 aliphatic rings. The lowest BCUT2D eigenvalue weighted by Crippen LogP contribution is -2.35. The fraction of sp³-hybridized carbons (Fsp3) is 0.500. The van der Waals surface area contributed by atoms with Crippen molar-refractivity contribution in [1.29, 1.82) is 0 Å². The number of halogens is 1. The van der Waals surface area contributed by atoms with Gasteiger partial charge in [-0.3, -0.25) is 0 Å². The summed E-state index contributed by atoms with van der Waals surface area (Å²) in [6, 6.07) is 8.27. The van der Waals surface area contributed by atoms with Crippen LogP contribution < -0.4 is 9.64 Å². The van der Waals surface area contributed by atoms with Crippen LogP contribution in [0.25, 0.3) is 0 Å². The number of oxazole rings is 1. The van der Waals surface area contributed by atoms with E-state index in [4.69, 9.17) is 20.8 Å². The van der Waals surface area contributed by atoms with Gasteiger partial charge in [0.2, 0.25) is 5.95 Å². The van der Waals surface area contributed by atoms with Gasteiger partial charge in [-0.1, -0.05) is 23.7 Å². The zero-order valence-corrected chi connectivity index (χ0v) is 19.9. The molecule has 3 aromatic rings. The number of piperidine rings is 1. The first-order chi connectivity index (χ1) is 16.1. The maximum absolute atomic E-state index is 5.98. The van der Waals surface area contributed by atoms with Crippen LogP contribution in [0.5, 0.6) is 5.75 Å². The summed E-state index contributed by atoms with van der Waals surface area (Å²) in [7, 11) is 0. The minimum Gasteiger partial charge on any atom is -0.494 e. The highest BCUT2D eigenvalue weighted by atomic mass is 35.5. The standard InChI is InChI=1S/C26H31ClN4O2/c1-18-15-28-25(33-18)13-19-4-6-23(7-5-19)32-12-2-3-21-14-24(21)20-8-10-31(11-9-20)26-29-16-22(27)17-30-26/h4-7,15-17,20-21,24H,2-3,8-14H2,1H3. The number of hydrogen-bond acceptors (Lipinski definition) is 6. The molecule has 5 rings (SSSR count). The molecule has 2 atom stereocenters. The molecule has 1 saturated carbocycles. The number of aryl methyl sites for hydroxylation is 1. The van der Waals surface area contributed by atoms with E-state index >= 15 is 0 Å². The molecule has 2 fully saturated rings. The van der Waals surface area contributed by atoms with E-state index in [0.717, 1.165) is 67.2 Å². The van der Waals surface area contributed by atoms with Gasteiger partial charge in [0, 0.05) is 19.5 Å². The second-order valence-corrected chi connectivity index (χ2v) is 9.80. The Morgan fingerprint density at radius 1 is 1.06 bits per heavy atom. The van der Waals surface area contributed by atoms with Crippen molar-refractivity contribution in [2.45, 2.75) is 45.4 Å². The van der Waals surface area contributed by atoms with Crippen LogP contribution in [0, 0.1) is 24.7 Å². The number of nitrogens with zero attached hydrogens (tertiary/aromatic N) is 4. The molecular weight excluding hydrogens is 436 g/mol. The van der Waals surface area contributed by atoms with E-state index in [2.05, 4.69) is 32.0 Å². The van der Waals surface area contributed by atoms with E-state index < -0.39 is 0 Å². The fourth-order valence-electron chi connectivity index (χ4n) is 5.07. The third-order valence-corrected chi connectivity index (χ3v) is 7.14. The van der Waals surface area contributed by atoms with Crippen LogP contribution >= 0.6 is 11.6 Å². The predicted molar refractivity (Wildman–Crippen MR) is 129 cm³/mol. The number of rotatable bonds is 9. The molecule has 2 aromatic heterocycles. The molecule has 0 N–H and O–H groups in total. The van der Waals surface area contributed by atoms with Crippen LogP contribution in [0.2, 0.25) is 5.02 Å². The molecular formula is C26H31ClN4O2. The molecule has 174 valence electrons. The molecule has 1 aliphatic carbocycles. The van der Waals surface area contributed by atoms with Crippen molar-refractivity contribution >= 4 is 17.5 Å². The normalized spacial score (nSPS) is 20.7. The summed E-state index contributed by atoms with van der Waals surface area (Å²) in [6.07, 6.45) is 12.1. The summed E-state index contributed by atoms with van der Waals surface area (Å²) >= 11 is 5.90. The molecule has 0 bridgehead atoms. The minimum absolute atomic E-state index is 0.591. The molecule has 6 nitrogen and oxygen atoms in total. The average Bonchev–Trinajstić information content (AvgIpc) is 3.50. The Morgan fingerprint density at radius 3 is 2.52 bits per heavy atom.